The summed E-state index contributed by atoms with van der Waals surface area (Å²) in [6, 6.07) is 7.86. The third-order valence-corrected chi connectivity index (χ3v) is 6.56. The summed E-state index contributed by atoms with van der Waals surface area (Å²) in [7, 11) is 0. The minimum absolute atomic E-state index is 0.0810. The van der Waals surface area contributed by atoms with Gasteiger partial charge in [-0.15, -0.1) is 10.2 Å². The van der Waals surface area contributed by atoms with Gasteiger partial charge in [0.2, 0.25) is 5.91 Å². The summed E-state index contributed by atoms with van der Waals surface area (Å²) in [5, 5.41) is 13.2. The Bertz CT molecular complexity index is 777. The van der Waals surface area contributed by atoms with E-state index in [1.807, 2.05) is 35.8 Å². The van der Waals surface area contributed by atoms with Crippen molar-refractivity contribution in [1.29, 1.82) is 0 Å². The van der Waals surface area contributed by atoms with E-state index in [0.717, 1.165) is 29.5 Å². The molecule has 1 N–H and O–H groups in total. The first-order valence-corrected chi connectivity index (χ1v) is 10.9. The van der Waals surface area contributed by atoms with Crippen molar-refractivity contribution in [3.63, 3.8) is 0 Å². The van der Waals surface area contributed by atoms with Crippen molar-refractivity contribution in [2.75, 3.05) is 0 Å². The molecular formula is C20H27ClN4OS. The maximum atomic E-state index is 12.7. The Labute approximate surface area is 170 Å². The summed E-state index contributed by atoms with van der Waals surface area (Å²) in [6.45, 7) is 6.96. The molecule has 1 saturated carbocycles. The number of nitrogens with zero attached hydrogens (tertiary/aromatic N) is 3. The topological polar surface area (TPSA) is 59.8 Å². The predicted molar refractivity (Wildman–Crippen MR) is 111 cm³/mol. The molecule has 1 heterocycles. The molecule has 0 bridgehead atoms. The highest BCUT2D eigenvalue weighted by atomic mass is 35.5. The molecule has 7 heteroatoms. The Morgan fingerprint density at radius 1 is 1.30 bits per heavy atom. The van der Waals surface area contributed by atoms with Crippen LogP contribution in [0.2, 0.25) is 5.02 Å². The molecule has 0 unspecified atom stereocenters. The summed E-state index contributed by atoms with van der Waals surface area (Å²) in [5.74, 6) is 1.43. The lowest BCUT2D eigenvalue weighted by Gasteiger charge is -2.30. The normalized spacial score (nSPS) is 21.0. The zero-order valence-corrected chi connectivity index (χ0v) is 17.7. The van der Waals surface area contributed by atoms with Crippen LogP contribution in [0.4, 0.5) is 0 Å². The van der Waals surface area contributed by atoms with E-state index in [-0.39, 0.29) is 11.2 Å². The van der Waals surface area contributed by atoms with Crippen molar-refractivity contribution < 1.29 is 4.79 Å². The zero-order valence-electron chi connectivity index (χ0n) is 16.1. The molecule has 1 amide bonds. The van der Waals surface area contributed by atoms with Crippen LogP contribution in [0.3, 0.4) is 0 Å². The van der Waals surface area contributed by atoms with Crippen molar-refractivity contribution in [3.8, 4) is 11.4 Å². The molecule has 3 atom stereocenters. The van der Waals surface area contributed by atoms with Crippen LogP contribution in [-0.4, -0.2) is 32.0 Å². The molecule has 146 valence electrons. The lowest BCUT2D eigenvalue weighted by molar-refractivity contribution is -0.121. The number of benzene rings is 1. The quantitative estimate of drug-likeness (QED) is 0.700. The Morgan fingerprint density at radius 3 is 2.67 bits per heavy atom. The molecule has 27 heavy (non-hydrogen) atoms. The maximum Gasteiger partial charge on any atom is 0.233 e. The number of halogens is 1. The average Bonchev–Trinajstić information content (AvgIpc) is 3.06. The highest BCUT2D eigenvalue weighted by molar-refractivity contribution is 8.00. The summed E-state index contributed by atoms with van der Waals surface area (Å²) in [6.07, 6.45) is 4.74. The molecule has 0 saturated heterocycles. The van der Waals surface area contributed by atoms with Gasteiger partial charge in [0, 0.05) is 23.2 Å². The van der Waals surface area contributed by atoms with E-state index in [0.29, 0.717) is 17.0 Å². The Morgan fingerprint density at radius 2 is 2.00 bits per heavy atom. The number of thioether (sulfide) groups is 1. The zero-order chi connectivity index (χ0) is 19.4. The van der Waals surface area contributed by atoms with Gasteiger partial charge >= 0.3 is 0 Å². The molecule has 1 aromatic carbocycles. The van der Waals surface area contributed by atoms with Gasteiger partial charge in [0.1, 0.15) is 0 Å². The molecule has 2 aromatic rings. The number of amides is 1. The van der Waals surface area contributed by atoms with Gasteiger partial charge in [-0.3, -0.25) is 4.79 Å². The first-order valence-electron chi connectivity index (χ1n) is 9.65. The van der Waals surface area contributed by atoms with E-state index in [2.05, 4.69) is 29.4 Å². The fraction of sp³-hybridized carbons (Fsp3) is 0.550. The number of hydrogen-bond donors (Lipinski definition) is 1. The van der Waals surface area contributed by atoms with Crippen molar-refractivity contribution >= 4 is 29.3 Å². The number of hydrogen-bond acceptors (Lipinski definition) is 4. The molecule has 1 fully saturated rings. The molecule has 1 aromatic heterocycles. The Hall–Kier alpha value is -1.53. The van der Waals surface area contributed by atoms with Crippen molar-refractivity contribution in [3.05, 3.63) is 29.3 Å². The van der Waals surface area contributed by atoms with E-state index in [4.69, 9.17) is 11.6 Å². The smallest absolute Gasteiger partial charge is 0.233 e. The molecular weight excluding hydrogens is 380 g/mol. The second-order valence-corrected chi connectivity index (χ2v) is 8.94. The van der Waals surface area contributed by atoms with E-state index in [1.54, 1.807) is 0 Å². The number of carbonyl (C=O) groups is 1. The summed E-state index contributed by atoms with van der Waals surface area (Å²) in [5.41, 5.74) is 0.966. The first-order chi connectivity index (χ1) is 13.0. The van der Waals surface area contributed by atoms with Gasteiger partial charge in [-0.2, -0.15) is 0 Å². The van der Waals surface area contributed by atoms with Crippen LogP contribution in [0.5, 0.6) is 0 Å². The van der Waals surface area contributed by atoms with Gasteiger partial charge in [0.25, 0.3) is 0 Å². The number of nitrogens with one attached hydrogen (secondary N) is 1. The van der Waals surface area contributed by atoms with Gasteiger partial charge < -0.3 is 9.88 Å². The summed E-state index contributed by atoms with van der Waals surface area (Å²) < 4.78 is 2.04. The van der Waals surface area contributed by atoms with E-state index < -0.39 is 0 Å². The van der Waals surface area contributed by atoms with Gasteiger partial charge in [0.05, 0.1) is 5.25 Å². The standard InChI is InChI=1S/C20H27ClN4OS/c1-4-25-18(15-9-11-16(21)12-10-15)23-24-20(25)27-14(3)19(26)22-17-8-6-5-7-13(17)2/h9-14,17H,4-8H2,1-3H3,(H,22,26)/t13-,14+,17-/m0/s1. The SMILES string of the molecule is CCn1c(S[C@H](C)C(=O)N[C@H]2CCCC[C@@H]2C)nnc1-c1ccc(Cl)cc1. The molecule has 3 rings (SSSR count). The predicted octanol–water partition coefficient (Wildman–Crippen LogP) is 4.79. The number of aromatic nitrogens is 3. The van der Waals surface area contributed by atoms with Crippen LogP contribution in [0.15, 0.2) is 29.4 Å². The first kappa shape index (κ1) is 20.2. The Kier molecular flexibility index (Phi) is 6.82. The summed E-state index contributed by atoms with van der Waals surface area (Å²) in [4.78, 5) is 12.7. The molecule has 0 spiro atoms. The molecule has 1 aliphatic rings. The third kappa shape index (κ3) is 4.85. The summed E-state index contributed by atoms with van der Waals surface area (Å²) >= 11 is 7.44. The van der Waals surface area contributed by atoms with Crippen LogP contribution in [-0.2, 0) is 11.3 Å². The molecule has 0 radical (unpaired) electrons. The van der Waals surface area contributed by atoms with Crippen molar-refractivity contribution in [1.82, 2.24) is 20.1 Å². The molecule has 0 aliphatic heterocycles. The van der Waals surface area contributed by atoms with Crippen LogP contribution >= 0.6 is 23.4 Å². The Balaban J connectivity index is 1.69. The van der Waals surface area contributed by atoms with Crippen LogP contribution in [0.1, 0.15) is 46.5 Å². The van der Waals surface area contributed by atoms with E-state index >= 15 is 0 Å². The van der Waals surface area contributed by atoms with Crippen LogP contribution < -0.4 is 5.32 Å². The van der Waals surface area contributed by atoms with Crippen molar-refractivity contribution in [2.45, 2.75) is 69.4 Å². The third-order valence-electron chi connectivity index (χ3n) is 5.23. The number of carbonyl (C=O) groups excluding carboxylic acids is 1. The highest BCUT2D eigenvalue weighted by Gasteiger charge is 2.26. The van der Waals surface area contributed by atoms with Crippen LogP contribution in [0.25, 0.3) is 11.4 Å². The monoisotopic (exact) mass is 406 g/mol. The fourth-order valence-electron chi connectivity index (χ4n) is 3.52. The van der Waals surface area contributed by atoms with Gasteiger partial charge in [-0.05, 0) is 56.9 Å². The second kappa shape index (κ2) is 9.11. The van der Waals surface area contributed by atoms with Crippen molar-refractivity contribution in [2.24, 2.45) is 5.92 Å². The highest BCUT2D eigenvalue weighted by Crippen LogP contribution is 2.28. The largest absolute Gasteiger partial charge is 0.352 e. The number of rotatable bonds is 6. The minimum atomic E-state index is -0.216. The minimum Gasteiger partial charge on any atom is -0.352 e. The van der Waals surface area contributed by atoms with E-state index in [1.165, 1.54) is 31.0 Å². The van der Waals surface area contributed by atoms with Gasteiger partial charge in [0.15, 0.2) is 11.0 Å². The fourth-order valence-corrected chi connectivity index (χ4v) is 4.56. The van der Waals surface area contributed by atoms with Gasteiger partial charge in [-0.25, -0.2) is 0 Å². The lowest BCUT2D eigenvalue weighted by Crippen LogP contribution is -2.44. The van der Waals surface area contributed by atoms with Crippen LogP contribution in [0, 0.1) is 5.92 Å². The lowest BCUT2D eigenvalue weighted by atomic mass is 9.86. The van der Waals surface area contributed by atoms with E-state index in [9.17, 15) is 4.79 Å². The molecule has 1 aliphatic carbocycles. The second-order valence-electron chi connectivity index (χ2n) is 7.19. The average molecular weight is 407 g/mol. The maximum absolute atomic E-state index is 12.7. The molecule has 5 nitrogen and oxygen atoms in total. The van der Waals surface area contributed by atoms with Gasteiger partial charge in [-0.1, -0.05) is 43.1 Å².